The van der Waals surface area contributed by atoms with E-state index >= 15 is 0 Å². The van der Waals surface area contributed by atoms with Crippen molar-refractivity contribution < 1.29 is 17.9 Å². The van der Waals surface area contributed by atoms with Crippen molar-refractivity contribution >= 4 is 37.6 Å². The van der Waals surface area contributed by atoms with Crippen LogP contribution in [0.15, 0.2) is 21.5 Å². The molecule has 0 aromatic heterocycles. The molecule has 3 N–H and O–H groups in total. The van der Waals surface area contributed by atoms with Crippen LogP contribution in [0.25, 0.3) is 0 Å². The van der Waals surface area contributed by atoms with Crippen LogP contribution in [0.1, 0.15) is 19.4 Å². The monoisotopic (exact) mass is 364 g/mol. The Bertz CT molecular complexity index is 616. The van der Waals surface area contributed by atoms with Gasteiger partial charge in [-0.05, 0) is 54.4 Å². The van der Waals surface area contributed by atoms with Crippen molar-refractivity contribution in [2.45, 2.75) is 31.7 Å². The number of sulfonamides is 1. The van der Waals surface area contributed by atoms with Gasteiger partial charge in [-0.1, -0.05) is 0 Å². The predicted molar refractivity (Wildman–Crippen MR) is 79.7 cm³/mol. The zero-order valence-electron chi connectivity index (χ0n) is 11.4. The number of nitrogens with one attached hydrogen (secondary N) is 1. The second kappa shape index (κ2) is 6.55. The number of esters is 1. The third-order valence-corrected chi connectivity index (χ3v) is 4.93. The smallest absolute Gasteiger partial charge is 0.323 e. The van der Waals surface area contributed by atoms with Gasteiger partial charge in [0.25, 0.3) is 0 Å². The fourth-order valence-corrected chi connectivity index (χ4v) is 3.48. The number of rotatable bonds is 5. The molecule has 0 aliphatic rings. The van der Waals surface area contributed by atoms with Gasteiger partial charge in [0.1, 0.15) is 6.04 Å². The highest BCUT2D eigenvalue weighted by molar-refractivity contribution is 9.10. The molecule has 0 heterocycles. The van der Waals surface area contributed by atoms with Gasteiger partial charge in [-0.2, -0.15) is 4.72 Å². The fraction of sp³-hybridized carbons (Fsp3) is 0.417. The quantitative estimate of drug-likeness (QED) is 0.610. The zero-order chi connectivity index (χ0) is 15.5. The highest BCUT2D eigenvalue weighted by Gasteiger charge is 2.24. The van der Waals surface area contributed by atoms with E-state index in [1.807, 2.05) is 0 Å². The van der Waals surface area contributed by atoms with E-state index in [0.29, 0.717) is 15.7 Å². The van der Waals surface area contributed by atoms with E-state index < -0.39 is 22.0 Å². The normalized spacial score (nSPS) is 13.0. The minimum absolute atomic E-state index is 0.0364. The van der Waals surface area contributed by atoms with Gasteiger partial charge in [0, 0.05) is 10.2 Å². The molecule has 8 heteroatoms. The van der Waals surface area contributed by atoms with Crippen LogP contribution in [0.5, 0.6) is 0 Å². The first-order valence-corrected chi connectivity index (χ1v) is 8.21. The van der Waals surface area contributed by atoms with E-state index in [2.05, 4.69) is 20.7 Å². The Morgan fingerprint density at radius 3 is 2.65 bits per heavy atom. The molecule has 1 rings (SSSR count). The van der Waals surface area contributed by atoms with E-state index in [4.69, 9.17) is 10.5 Å². The van der Waals surface area contributed by atoms with Crippen molar-refractivity contribution in [2.24, 2.45) is 0 Å². The van der Waals surface area contributed by atoms with Gasteiger partial charge in [-0.25, -0.2) is 8.42 Å². The van der Waals surface area contributed by atoms with Crippen molar-refractivity contribution in [1.82, 2.24) is 4.72 Å². The van der Waals surface area contributed by atoms with Gasteiger partial charge in [0.05, 0.1) is 11.5 Å². The lowest BCUT2D eigenvalue weighted by molar-refractivity contribution is -0.144. The second-order valence-electron chi connectivity index (χ2n) is 4.23. The van der Waals surface area contributed by atoms with Gasteiger partial charge in [0.2, 0.25) is 10.0 Å². The van der Waals surface area contributed by atoms with Gasteiger partial charge in [-0.15, -0.1) is 0 Å². The molecule has 20 heavy (non-hydrogen) atoms. The summed E-state index contributed by atoms with van der Waals surface area (Å²) < 4.78 is 32.1. The summed E-state index contributed by atoms with van der Waals surface area (Å²) in [5.41, 5.74) is 6.52. The van der Waals surface area contributed by atoms with Crippen molar-refractivity contribution in [3.05, 3.63) is 22.2 Å². The lowest BCUT2D eigenvalue weighted by Gasteiger charge is -2.15. The molecule has 0 saturated heterocycles. The van der Waals surface area contributed by atoms with Crippen LogP contribution in [-0.2, 0) is 19.6 Å². The Hall–Kier alpha value is -1.12. The average Bonchev–Trinajstić information content (AvgIpc) is 2.33. The molecular weight excluding hydrogens is 348 g/mol. The minimum Gasteiger partial charge on any atom is -0.465 e. The first-order chi connectivity index (χ1) is 9.19. The maximum atomic E-state index is 12.2. The van der Waals surface area contributed by atoms with E-state index in [0.717, 1.165) is 0 Å². The Morgan fingerprint density at radius 2 is 2.10 bits per heavy atom. The first kappa shape index (κ1) is 16.9. The number of anilines is 1. The molecule has 1 atom stereocenters. The van der Waals surface area contributed by atoms with Crippen molar-refractivity contribution in [3.63, 3.8) is 0 Å². The summed E-state index contributed by atoms with van der Waals surface area (Å²) in [7, 11) is -3.84. The van der Waals surface area contributed by atoms with Crippen LogP contribution in [0.2, 0.25) is 0 Å². The molecule has 0 fully saturated rings. The lowest BCUT2D eigenvalue weighted by Crippen LogP contribution is -2.39. The lowest BCUT2D eigenvalue weighted by atomic mass is 10.2. The van der Waals surface area contributed by atoms with Crippen LogP contribution in [0.4, 0.5) is 5.69 Å². The summed E-state index contributed by atoms with van der Waals surface area (Å²) in [4.78, 5) is 11.5. The van der Waals surface area contributed by atoms with E-state index in [1.165, 1.54) is 13.0 Å². The third-order valence-electron chi connectivity index (χ3n) is 2.56. The number of nitrogens with two attached hydrogens (primary N) is 1. The van der Waals surface area contributed by atoms with Crippen LogP contribution >= 0.6 is 15.9 Å². The van der Waals surface area contributed by atoms with Gasteiger partial charge < -0.3 is 10.5 Å². The number of carbonyl (C=O) groups is 1. The van der Waals surface area contributed by atoms with Gasteiger partial charge >= 0.3 is 5.97 Å². The summed E-state index contributed by atoms with van der Waals surface area (Å²) in [5, 5.41) is 0. The largest absolute Gasteiger partial charge is 0.465 e. The van der Waals surface area contributed by atoms with E-state index in [1.54, 1.807) is 19.9 Å². The van der Waals surface area contributed by atoms with E-state index in [9.17, 15) is 13.2 Å². The maximum absolute atomic E-state index is 12.2. The van der Waals surface area contributed by atoms with Crippen LogP contribution < -0.4 is 10.5 Å². The SMILES string of the molecule is CCOC(=O)C(C)NS(=O)(=O)c1cc(N)c(Br)cc1C. The topological polar surface area (TPSA) is 98.5 Å². The number of carbonyl (C=O) groups excluding carboxylic acids is 1. The Kier molecular flexibility index (Phi) is 5.55. The molecule has 0 bridgehead atoms. The number of aryl methyl sites for hydroxylation is 1. The third kappa shape index (κ3) is 3.94. The first-order valence-electron chi connectivity index (χ1n) is 5.93. The number of halogens is 1. The summed E-state index contributed by atoms with van der Waals surface area (Å²) in [5.74, 6) is -0.626. The Labute approximate surface area is 126 Å². The molecule has 0 aliphatic carbocycles. The molecular formula is C12H17BrN2O4S. The number of nitrogen functional groups attached to an aromatic ring is 1. The number of ether oxygens (including phenoxy) is 1. The molecule has 0 radical (unpaired) electrons. The number of hydrogen-bond acceptors (Lipinski definition) is 5. The minimum atomic E-state index is -3.84. The van der Waals surface area contributed by atoms with Crippen molar-refractivity contribution in [1.29, 1.82) is 0 Å². The molecule has 0 amide bonds. The Balaban J connectivity index is 3.06. The summed E-state index contributed by atoms with van der Waals surface area (Å²) in [6.45, 7) is 4.91. The van der Waals surface area contributed by atoms with E-state index in [-0.39, 0.29) is 11.5 Å². The molecule has 1 aromatic carbocycles. The predicted octanol–water partition coefficient (Wildman–Crippen LogP) is 1.57. The van der Waals surface area contributed by atoms with Gasteiger partial charge in [0.15, 0.2) is 0 Å². The molecule has 0 aliphatic heterocycles. The Morgan fingerprint density at radius 1 is 1.50 bits per heavy atom. The highest BCUT2D eigenvalue weighted by atomic mass is 79.9. The second-order valence-corrected chi connectivity index (χ2v) is 6.77. The molecule has 1 aromatic rings. The zero-order valence-corrected chi connectivity index (χ0v) is 13.8. The molecule has 112 valence electrons. The van der Waals surface area contributed by atoms with Crippen LogP contribution in [-0.4, -0.2) is 27.0 Å². The molecule has 6 nitrogen and oxygen atoms in total. The maximum Gasteiger partial charge on any atom is 0.323 e. The van der Waals surface area contributed by atoms with Crippen molar-refractivity contribution in [2.75, 3.05) is 12.3 Å². The standard InChI is InChI=1S/C12H17BrN2O4S/c1-4-19-12(16)8(3)15-20(17,18)11-6-10(14)9(13)5-7(11)2/h5-6,8,15H,4,14H2,1-3H3. The van der Waals surface area contributed by atoms with Crippen LogP contribution in [0, 0.1) is 6.92 Å². The number of benzene rings is 1. The summed E-state index contributed by atoms with van der Waals surface area (Å²) in [6, 6.07) is 1.99. The average molecular weight is 365 g/mol. The van der Waals surface area contributed by atoms with Crippen molar-refractivity contribution in [3.8, 4) is 0 Å². The van der Waals surface area contributed by atoms with Crippen LogP contribution in [0.3, 0.4) is 0 Å². The summed E-state index contributed by atoms with van der Waals surface area (Å²) >= 11 is 3.23. The fourth-order valence-electron chi connectivity index (χ4n) is 1.57. The summed E-state index contributed by atoms with van der Waals surface area (Å²) in [6.07, 6.45) is 0. The molecule has 0 spiro atoms. The highest BCUT2D eigenvalue weighted by Crippen LogP contribution is 2.26. The number of hydrogen-bond donors (Lipinski definition) is 2. The molecule has 1 unspecified atom stereocenters. The molecule has 0 saturated carbocycles. The van der Waals surface area contributed by atoms with Gasteiger partial charge in [-0.3, -0.25) is 4.79 Å².